The molecule has 14 heteroatoms. The smallest absolute Gasteiger partial charge is 0.326 e. The molecule has 0 radical (unpaired) electrons. The number of nitrogens with one attached hydrogen (secondary N) is 4. The van der Waals surface area contributed by atoms with Crippen LogP contribution in [0.1, 0.15) is 87.6 Å². The van der Waals surface area contributed by atoms with Gasteiger partial charge in [-0.25, -0.2) is 4.79 Å². The van der Waals surface area contributed by atoms with Crippen LogP contribution in [0.25, 0.3) is 0 Å². The van der Waals surface area contributed by atoms with Crippen molar-refractivity contribution in [1.82, 2.24) is 16.0 Å². The van der Waals surface area contributed by atoms with E-state index in [9.17, 15) is 38.7 Å². The summed E-state index contributed by atoms with van der Waals surface area (Å²) in [6.45, 7) is 3.80. The first-order valence-electron chi connectivity index (χ1n) is 16.5. The van der Waals surface area contributed by atoms with E-state index in [2.05, 4.69) is 21.3 Å². The molecule has 0 unspecified atom stereocenters. The maximum Gasteiger partial charge on any atom is 0.326 e. The van der Waals surface area contributed by atoms with Crippen molar-refractivity contribution in [1.29, 1.82) is 0 Å². The maximum absolute atomic E-state index is 12.9. The SMILES string of the molecule is CC[C@@H](C)[C@H](NC(=O)CCCCCCCC(=O)N[C@@H](CC(N)=O)C(=O)N[C@@H](Cc1ccccc1)C(=O)O)C(=O)Nc1ccc(C(N)=O)cc1. The number of carbonyl (C=O) groups is 7. The van der Waals surface area contributed by atoms with Gasteiger partial charge in [-0.05, 0) is 48.6 Å². The first-order chi connectivity index (χ1) is 23.3. The Morgan fingerprint density at radius 1 is 0.714 bits per heavy atom. The van der Waals surface area contributed by atoms with Crippen molar-refractivity contribution in [3.63, 3.8) is 0 Å². The highest BCUT2D eigenvalue weighted by Crippen LogP contribution is 2.15. The van der Waals surface area contributed by atoms with Crippen molar-refractivity contribution in [3.05, 3.63) is 65.7 Å². The Kier molecular flexibility index (Phi) is 17.0. The minimum Gasteiger partial charge on any atom is -0.480 e. The molecule has 49 heavy (non-hydrogen) atoms. The van der Waals surface area contributed by atoms with E-state index in [1.807, 2.05) is 13.8 Å². The van der Waals surface area contributed by atoms with Crippen LogP contribution >= 0.6 is 0 Å². The fourth-order valence-corrected chi connectivity index (χ4v) is 4.99. The molecule has 0 aliphatic heterocycles. The summed E-state index contributed by atoms with van der Waals surface area (Å²) in [5, 5.41) is 20.1. The molecule has 0 heterocycles. The Hall–Kier alpha value is -5.27. The predicted octanol–water partition coefficient (Wildman–Crippen LogP) is 2.16. The second kappa shape index (κ2) is 20.9. The molecule has 4 atom stereocenters. The summed E-state index contributed by atoms with van der Waals surface area (Å²) in [5.74, 6) is -4.70. The lowest BCUT2D eigenvalue weighted by atomic mass is 9.97. The third kappa shape index (κ3) is 15.0. The van der Waals surface area contributed by atoms with Crippen LogP contribution in [-0.2, 0) is 35.2 Å². The van der Waals surface area contributed by atoms with Crippen LogP contribution in [0.15, 0.2) is 54.6 Å². The summed E-state index contributed by atoms with van der Waals surface area (Å²) in [6, 6.07) is 11.5. The van der Waals surface area contributed by atoms with E-state index in [4.69, 9.17) is 11.5 Å². The third-order valence-electron chi connectivity index (χ3n) is 8.01. The zero-order valence-corrected chi connectivity index (χ0v) is 28.0. The van der Waals surface area contributed by atoms with Gasteiger partial charge >= 0.3 is 5.97 Å². The molecule has 0 aliphatic rings. The van der Waals surface area contributed by atoms with Crippen LogP contribution < -0.4 is 32.7 Å². The largest absolute Gasteiger partial charge is 0.480 e. The monoisotopic (exact) mass is 680 g/mol. The van der Waals surface area contributed by atoms with E-state index in [0.717, 1.165) is 6.42 Å². The second-order valence-electron chi connectivity index (χ2n) is 12.0. The molecular formula is C35H48N6O8. The molecule has 2 aromatic rings. The molecule has 0 aliphatic carbocycles. The molecule has 2 rings (SSSR count). The average Bonchev–Trinajstić information content (AvgIpc) is 3.06. The lowest BCUT2D eigenvalue weighted by molar-refractivity contribution is -0.142. The van der Waals surface area contributed by atoms with Crippen molar-refractivity contribution in [2.45, 2.75) is 96.2 Å². The Labute approximate surface area is 286 Å². The normalized spacial score (nSPS) is 13.2. The highest BCUT2D eigenvalue weighted by Gasteiger charge is 2.28. The van der Waals surface area contributed by atoms with Crippen LogP contribution in [0, 0.1) is 5.92 Å². The number of carbonyl (C=O) groups excluding carboxylic acids is 6. The Morgan fingerprint density at radius 2 is 1.29 bits per heavy atom. The zero-order valence-electron chi connectivity index (χ0n) is 28.0. The number of amides is 6. The number of primary amides is 2. The van der Waals surface area contributed by atoms with Crippen LogP contribution in [0.5, 0.6) is 0 Å². The molecule has 266 valence electrons. The van der Waals surface area contributed by atoms with Gasteiger partial charge in [0.25, 0.3) is 0 Å². The minimum atomic E-state index is -1.31. The predicted molar refractivity (Wildman–Crippen MR) is 183 cm³/mol. The number of nitrogens with two attached hydrogens (primary N) is 2. The molecule has 0 bridgehead atoms. The van der Waals surface area contributed by atoms with Crippen LogP contribution in [-0.4, -0.2) is 64.6 Å². The third-order valence-corrected chi connectivity index (χ3v) is 8.01. The van der Waals surface area contributed by atoms with Gasteiger partial charge in [0.05, 0.1) is 6.42 Å². The van der Waals surface area contributed by atoms with Gasteiger partial charge in [-0.3, -0.25) is 28.8 Å². The molecule has 14 nitrogen and oxygen atoms in total. The van der Waals surface area contributed by atoms with Gasteiger partial charge in [0.2, 0.25) is 35.4 Å². The summed E-state index contributed by atoms with van der Waals surface area (Å²) in [6.07, 6.45) is 3.69. The van der Waals surface area contributed by atoms with E-state index >= 15 is 0 Å². The lowest BCUT2D eigenvalue weighted by Crippen LogP contribution is -2.53. The van der Waals surface area contributed by atoms with Crippen molar-refractivity contribution >= 4 is 47.1 Å². The molecule has 0 spiro atoms. The number of hydrogen-bond donors (Lipinski definition) is 7. The van der Waals surface area contributed by atoms with Gasteiger partial charge in [-0.2, -0.15) is 0 Å². The molecule has 0 aromatic heterocycles. The van der Waals surface area contributed by atoms with Gasteiger partial charge in [0.1, 0.15) is 18.1 Å². The standard InChI is InChI=1S/C35H48N6O8/c1-3-22(2)31(34(47)38-25-18-16-24(17-19-25)32(37)45)41-30(44)15-11-6-4-5-10-14-29(43)39-26(21-28(36)42)33(46)40-27(35(48)49)20-23-12-8-7-9-13-23/h7-9,12-13,16-19,22,26-27,31H,3-6,10-11,14-15,20-21H2,1-2H3,(H2,36,42)(H2,37,45)(H,38,47)(H,39,43)(H,40,46)(H,41,44)(H,48,49)/t22-,26+,27+,31+/m1/s1. The highest BCUT2D eigenvalue weighted by molar-refractivity contribution is 5.98. The number of carboxylic acids is 1. The van der Waals surface area contributed by atoms with Gasteiger partial charge in [-0.15, -0.1) is 0 Å². The number of carboxylic acid groups (broad SMARTS) is 1. The molecule has 6 amide bonds. The number of hydrogen-bond acceptors (Lipinski definition) is 7. The molecule has 0 fully saturated rings. The van der Waals surface area contributed by atoms with Crippen molar-refractivity contribution in [2.24, 2.45) is 17.4 Å². The first-order valence-corrected chi connectivity index (χ1v) is 16.5. The van der Waals surface area contributed by atoms with Gasteiger partial charge in [-0.1, -0.05) is 69.9 Å². The fraction of sp³-hybridized carbons (Fsp3) is 0.457. The zero-order chi connectivity index (χ0) is 36.3. The van der Waals surface area contributed by atoms with E-state index < -0.39 is 54.1 Å². The van der Waals surface area contributed by atoms with Gasteiger partial charge in [0, 0.05) is 30.5 Å². The van der Waals surface area contributed by atoms with Gasteiger partial charge in [0.15, 0.2) is 0 Å². The first kappa shape index (κ1) is 39.9. The number of aliphatic carboxylic acids is 1. The Bertz CT molecular complexity index is 1430. The maximum atomic E-state index is 12.9. The van der Waals surface area contributed by atoms with E-state index in [-0.39, 0.29) is 37.0 Å². The average molecular weight is 681 g/mol. The highest BCUT2D eigenvalue weighted by atomic mass is 16.4. The topological polar surface area (TPSA) is 240 Å². The fourth-order valence-electron chi connectivity index (χ4n) is 4.99. The summed E-state index contributed by atoms with van der Waals surface area (Å²) >= 11 is 0. The Morgan fingerprint density at radius 3 is 1.82 bits per heavy atom. The summed E-state index contributed by atoms with van der Waals surface area (Å²) in [4.78, 5) is 85.6. The lowest BCUT2D eigenvalue weighted by Gasteiger charge is -2.23. The van der Waals surface area contributed by atoms with Crippen molar-refractivity contribution in [2.75, 3.05) is 5.32 Å². The van der Waals surface area contributed by atoms with E-state index in [0.29, 0.717) is 48.9 Å². The number of unbranched alkanes of at least 4 members (excludes halogenated alkanes) is 4. The molecule has 0 saturated heterocycles. The van der Waals surface area contributed by atoms with E-state index in [1.165, 1.54) is 12.1 Å². The van der Waals surface area contributed by atoms with Crippen molar-refractivity contribution in [3.8, 4) is 0 Å². The van der Waals surface area contributed by atoms with Crippen LogP contribution in [0.4, 0.5) is 5.69 Å². The summed E-state index contributed by atoms with van der Waals surface area (Å²) in [5.41, 5.74) is 12.0. The summed E-state index contributed by atoms with van der Waals surface area (Å²) in [7, 11) is 0. The van der Waals surface area contributed by atoms with Crippen molar-refractivity contribution < 1.29 is 38.7 Å². The molecule has 0 saturated carbocycles. The number of anilines is 1. The number of rotatable bonds is 22. The number of benzene rings is 2. The van der Waals surface area contributed by atoms with Gasteiger partial charge < -0.3 is 37.8 Å². The minimum absolute atomic E-state index is 0.0181. The quantitative estimate of drug-likeness (QED) is 0.0907. The van der Waals surface area contributed by atoms with E-state index in [1.54, 1.807) is 42.5 Å². The van der Waals surface area contributed by atoms with Crippen LogP contribution in [0.2, 0.25) is 0 Å². The summed E-state index contributed by atoms with van der Waals surface area (Å²) < 4.78 is 0. The van der Waals surface area contributed by atoms with Crippen LogP contribution in [0.3, 0.4) is 0 Å². The molecular weight excluding hydrogens is 632 g/mol. The molecule has 9 N–H and O–H groups in total. The molecule has 2 aromatic carbocycles. The Balaban J connectivity index is 1.74. The second-order valence-corrected chi connectivity index (χ2v) is 12.0.